The predicted octanol–water partition coefficient (Wildman–Crippen LogP) is 2.56. The van der Waals surface area contributed by atoms with Crippen molar-refractivity contribution in [3.8, 4) is 0 Å². The third-order valence-corrected chi connectivity index (χ3v) is 3.65. The first-order chi connectivity index (χ1) is 8.69. The summed E-state index contributed by atoms with van der Waals surface area (Å²) in [5.41, 5.74) is 0.894. The highest BCUT2D eigenvalue weighted by Gasteiger charge is 2.22. The van der Waals surface area contributed by atoms with Crippen LogP contribution in [0.5, 0.6) is 0 Å². The molecule has 1 heterocycles. The lowest BCUT2D eigenvalue weighted by Crippen LogP contribution is -2.37. The van der Waals surface area contributed by atoms with Gasteiger partial charge >= 0.3 is 0 Å². The maximum atomic E-state index is 12.8. The van der Waals surface area contributed by atoms with Crippen LogP contribution in [-0.4, -0.2) is 22.2 Å². The quantitative estimate of drug-likeness (QED) is 0.865. The van der Waals surface area contributed by atoms with Gasteiger partial charge in [-0.3, -0.25) is 4.98 Å². The molecule has 0 amide bonds. The van der Waals surface area contributed by atoms with Crippen molar-refractivity contribution in [2.24, 2.45) is 0 Å². The molecule has 100 valence electrons. The van der Waals surface area contributed by atoms with Crippen molar-refractivity contribution in [3.63, 3.8) is 0 Å². The molecule has 0 bridgehead atoms. The van der Waals surface area contributed by atoms with E-state index in [1.807, 2.05) is 0 Å². The molecule has 1 saturated carbocycles. The van der Waals surface area contributed by atoms with Gasteiger partial charge in [-0.1, -0.05) is 6.92 Å². The minimum atomic E-state index is -0.297. The van der Waals surface area contributed by atoms with Gasteiger partial charge in [0.15, 0.2) is 0 Å². The van der Waals surface area contributed by atoms with Crippen LogP contribution in [0.1, 0.15) is 50.8 Å². The molecular formula is C14H21FN2O. The van der Waals surface area contributed by atoms with Gasteiger partial charge in [-0.25, -0.2) is 4.39 Å². The fourth-order valence-electron chi connectivity index (χ4n) is 2.53. The van der Waals surface area contributed by atoms with Crippen molar-refractivity contribution >= 4 is 0 Å². The number of nitrogens with zero attached hydrogens (tertiary/aromatic N) is 1. The summed E-state index contributed by atoms with van der Waals surface area (Å²) >= 11 is 0. The van der Waals surface area contributed by atoms with E-state index in [1.165, 1.54) is 12.3 Å². The van der Waals surface area contributed by atoms with Crippen molar-refractivity contribution < 1.29 is 9.50 Å². The zero-order valence-corrected chi connectivity index (χ0v) is 10.8. The second kappa shape index (κ2) is 6.25. The average Bonchev–Trinajstić information content (AvgIpc) is 2.39. The van der Waals surface area contributed by atoms with Crippen LogP contribution in [0.25, 0.3) is 0 Å². The normalized spacial score (nSPS) is 25.9. The molecule has 1 atom stereocenters. The van der Waals surface area contributed by atoms with Gasteiger partial charge in [0.2, 0.25) is 0 Å². The zero-order valence-electron chi connectivity index (χ0n) is 10.8. The van der Waals surface area contributed by atoms with Gasteiger partial charge in [-0.15, -0.1) is 0 Å². The summed E-state index contributed by atoms with van der Waals surface area (Å²) < 4.78 is 12.8. The number of hydrogen-bond donors (Lipinski definition) is 2. The van der Waals surface area contributed by atoms with Crippen molar-refractivity contribution in [2.45, 2.75) is 57.2 Å². The summed E-state index contributed by atoms with van der Waals surface area (Å²) in [6.07, 6.45) is 5.79. The van der Waals surface area contributed by atoms with Crippen LogP contribution in [0.4, 0.5) is 4.39 Å². The number of hydrogen-bond acceptors (Lipinski definition) is 3. The Labute approximate surface area is 107 Å². The third kappa shape index (κ3) is 3.50. The van der Waals surface area contributed by atoms with Gasteiger partial charge < -0.3 is 10.4 Å². The van der Waals surface area contributed by atoms with Gasteiger partial charge in [0, 0.05) is 12.1 Å². The molecule has 0 saturated heterocycles. The van der Waals surface area contributed by atoms with Crippen molar-refractivity contribution in [3.05, 3.63) is 29.8 Å². The second-order valence-corrected chi connectivity index (χ2v) is 5.03. The topological polar surface area (TPSA) is 45.1 Å². The molecule has 1 aromatic heterocycles. The maximum Gasteiger partial charge on any atom is 0.141 e. The van der Waals surface area contributed by atoms with Crippen LogP contribution < -0.4 is 5.32 Å². The minimum absolute atomic E-state index is 0.132. The summed E-state index contributed by atoms with van der Waals surface area (Å²) in [6.45, 7) is 2.10. The first-order valence-electron chi connectivity index (χ1n) is 6.74. The monoisotopic (exact) mass is 252 g/mol. The molecule has 2 rings (SSSR count). The van der Waals surface area contributed by atoms with Crippen LogP contribution in [0.2, 0.25) is 0 Å². The molecule has 1 aromatic rings. The van der Waals surface area contributed by atoms with E-state index in [0.717, 1.165) is 37.8 Å². The van der Waals surface area contributed by atoms with E-state index in [-0.39, 0.29) is 18.0 Å². The Bertz CT molecular complexity index is 361. The molecule has 0 aromatic carbocycles. The van der Waals surface area contributed by atoms with Crippen LogP contribution >= 0.6 is 0 Å². The number of aromatic nitrogens is 1. The SMILES string of the molecule is CCC(NC1CCC(O)CC1)c1ccc(F)cn1. The number of aliphatic hydroxyl groups is 1. The summed E-state index contributed by atoms with van der Waals surface area (Å²) in [6, 6.07) is 3.81. The van der Waals surface area contributed by atoms with Crippen LogP contribution in [-0.2, 0) is 0 Å². The first-order valence-corrected chi connectivity index (χ1v) is 6.74. The smallest absolute Gasteiger partial charge is 0.141 e. The number of halogens is 1. The Morgan fingerprint density at radius 3 is 2.67 bits per heavy atom. The number of rotatable bonds is 4. The highest BCUT2D eigenvalue weighted by molar-refractivity contribution is 5.10. The molecule has 0 spiro atoms. The van der Waals surface area contributed by atoms with Crippen molar-refractivity contribution in [1.82, 2.24) is 10.3 Å². The molecule has 1 aliphatic carbocycles. The zero-order chi connectivity index (χ0) is 13.0. The summed E-state index contributed by atoms with van der Waals surface area (Å²) in [5, 5.41) is 13.0. The first kappa shape index (κ1) is 13.4. The molecular weight excluding hydrogens is 231 g/mol. The summed E-state index contributed by atoms with van der Waals surface area (Å²) in [7, 11) is 0. The third-order valence-electron chi connectivity index (χ3n) is 3.65. The molecule has 18 heavy (non-hydrogen) atoms. The van der Waals surface area contributed by atoms with E-state index in [2.05, 4.69) is 17.2 Å². The number of aliphatic hydroxyl groups excluding tert-OH is 1. The van der Waals surface area contributed by atoms with E-state index in [1.54, 1.807) is 6.07 Å². The van der Waals surface area contributed by atoms with Crippen LogP contribution in [0, 0.1) is 5.82 Å². The minimum Gasteiger partial charge on any atom is -0.393 e. The molecule has 1 fully saturated rings. The maximum absolute atomic E-state index is 12.8. The number of nitrogens with one attached hydrogen (secondary N) is 1. The average molecular weight is 252 g/mol. The lowest BCUT2D eigenvalue weighted by molar-refractivity contribution is 0.114. The largest absolute Gasteiger partial charge is 0.393 e. The highest BCUT2D eigenvalue weighted by Crippen LogP contribution is 2.22. The fourth-order valence-corrected chi connectivity index (χ4v) is 2.53. The van der Waals surface area contributed by atoms with E-state index in [4.69, 9.17) is 0 Å². The lowest BCUT2D eigenvalue weighted by Gasteiger charge is -2.29. The van der Waals surface area contributed by atoms with Crippen LogP contribution in [0.15, 0.2) is 18.3 Å². The van der Waals surface area contributed by atoms with Gasteiger partial charge in [0.05, 0.1) is 18.0 Å². The van der Waals surface area contributed by atoms with Crippen molar-refractivity contribution in [2.75, 3.05) is 0 Å². The van der Waals surface area contributed by atoms with Gasteiger partial charge in [0.1, 0.15) is 5.82 Å². The Morgan fingerprint density at radius 1 is 1.39 bits per heavy atom. The lowest BCUT2D eigenvalue weighted by atomic mass is 9.92. The Balaban J connectivity index is 1.94. The van der Waals surface area contributed by atoms with Crippen LogP contribution in [0.3, 0.4) is 0 Å². The standard InChI is InChI=1S/C14H21FN2O/c1-2-13(14-8-3-10(15)9-16-14)17-11-4-6-12(18)7-5-11/h3,8-9,11-13,17-18H,2,4-7H2,1H3. The summed E-state index contributed by atoms with van der Waals surface area (Å²) in [4.78, 5) is 4.14. The van der Waals surface area contributed by atoms with E-state index in [9.17, 15) is 9.50 Å². The van der Waals surface area contributed by atoms with Gasteiger partial charge in [-0.05, 0) is 44.2 Å². The predicted molar refractivity (Wildman–Crippen MR) is 68.6 cm³/mol. The van der Waals surface area contributed by atoms with E-state index >= 15 is 0 Å². The Hall–Kier alpha value is -1.00. The van der Waals surface area contributed by atoms with Crippen molar-refractivity contribution in [1.29, 1.82) is 0 Å². The molecule has 2 N–H and O–H groups in total. The highest BCUT2D eigenvalue weighted by atomic mass is 19.1. The molecule has 1 aliphatic rings. The van der Waals surface area contributed by atoms with Gasteiger partial charge in [0.25, 0.3) is 0 Å². The molecule has 4 heteroatoms. The molecule has 0 radical (unpaired) electrons. The summed E-state index contributed by atoms with van der Waals surface area (Å²) in [5.74, 6) is -0.297. The molecule has 3 nitrogen and oxygen atoms in total. The Morgan fingerprint density at radius 2 is 2.11 bits per heavy atom. The van der Waals surface area contributed by atoms with Gasteiger partial charge in [-0.2, -0.15) is 0 Å². The second-order valence-electron chi connectivity index (χ2n) is 5.03. The fraction of sp³-hybridized carbons (Fsp3) is 0.643. The number of pyridine rings is 1. The van der Waals surface area contributed by atoms with E-state index in [0.29, 0.717) is 6.04 Å². The molecule has 1 unspecified atom stereocenters. The van der Waals surface area contributed by atoms with E-state index < -0.39 is 0 Å². The Kier molecular flexibility index (Phi) is 4.66. The molecule has 0 aliphatic heterocycles.